The first kappa shape index (κ1) is 13.6. The molecule has 2 N–H and O–H groups in total. The number of nitrogens with two attached hydrogens (primary N) is 1. The van der Waals surface area contributed by atoms with Gasteiger partial charge in [0, 0.05) is 4.47 Å². The van der Waals surface area contributed by atoms with E-state index in [0.29, 0.717) is 5.02 Å². The van der Waals surface area contributed by atoms with E-state index in [2.05, 4.69) is 48.0 Å². The zero-order chi connectivity index (χ0) is 13.3. The molecular weight excluding hydrogens is 310 g/mol. The van der Waals surface area contributed by atoms with Crippen LogP contribution in [-0.4, -0.2) is 0 Å². The van der Waals surface area contributed by atoms with Gasteiger partial charge < -0.3 is 5.73 Å². The maximum atomic E-state index is 6.30. The SMILES string of the molecule is Cc1ccc(C(N)c2cccc(Br)c2Cl)cc1C. The van der Waals surface area contributed by atoms with E-state index in [1.807, 2.05) is 18.2 Å². The van der Waals surface area contributed by atoms with E-state index >= 15 is 0 Å². The lowest BCUT2D eigenvalue weighted by atomic mass is 9.96. The summed E-state index contributed by atoms with van der Waals surface area (Å²) < 4.78 is 0.876. The van der Waals surface area contributed by atoms with Crippen molar-refractivity contribution in [3.8, 4) is 0 Å². The highest BCUT2D eigenvalue weighted by molar-refractivity contribution is 9.10. The third-order valence-electron chi connectivity index (χ3n) is 3.21. The average Bonchev–Trinajstić information content (AvgIpc) is 2.35. The monoisotopic (exact) mass is 323 g/mol. The van der Waals surface area contributed by atoms with E-state index in [0.717, 1.165) is 15.6 Å². The lowest BCUT2D eigenvalue weighted by molar-refractivity contribution is 0.868. The number of rotatable bonds is 2. The summed E-state index contributed by atoms with van der Waals surface area (Å²) in [5.41, 5.74) is 10.8. The Balaban J connectivity index is 2.44. The third-order valence-corrected chi connectivity index (χ3v) is 4.52. The smallest absolute Gasteiger partial charge is 0.0599 e. The zero-order valence-corrected chi connectivity index (χ0v) is 12.7. The molecule has 0 heterocycles. The molecular formula is C15H15BrClN. The minimum Gasteiger partial charge on any atom is -0.320 e. The summed E-state index contributed by atoms with van der Waals surface area (Å²) in [4.78, 5) is 0. The highest BCUT2D eigenvalue weighted by Gasteiger charge is 2.14. The van der Waals surface area contributed by atoms with Gasteiger partial charge in [-0.2, -0.15) is 0 Å². The Labute approximate surface area is 121 Å². The standard InChI is InChI=1S/C15H15BrClN/c1-9-6-7-11(8-10(9)2)15(18)12-4-3-5-13(16)14(12)17/h3-8,15H,18H2,1-2H3. The van der Waals surface area contributed by atoms with Gasteiger partial charge in [0.1, 0.15) is 0 Å². The van der Waals surface area contributed by atoms with Crippen molar-refractivity contribution in [2.75, 3.05) is 0 Å². The van der Waals surface area contributed by atoms with Crippen molar-refractivity contribution in [3.05, 3.63) is 68.1 Å². The van der Waals surface area contributed by atoms with Crippen LogP contribution in [0.25, 0.3) is 0 Å². The first-order valence-corrected chi connectivity index (χ1v) is 6.94. The Morgan fingerprint density at radius 1 is 1.11 bits per heavy atom. The van der Waals surface area contributed by atoms with Crippen molar-refractivity contribution in [1.29, 1.82) is 0 Å². The molecule has 0 amide bonds. The minimum atomic E-state index is -0.200. The van der Waals surface area contributed by atoms with Crippen LogP contribution in [0, 0.1) is 13.8 Å². The summed E-state index contributed by atoms with van der Waals surface area (Å²) in [6, 6.07) is 11.9. The fraction of sp³-hybridized carbons (Fsp3) is 0.200. The van der Waals surface area contributed by atoms with Crippen LogP contribution >= 0.6 is 27.5 Å². The zero-order valence-electron chi connectivity index (χ0n) is 10.4. The second-order valence-electron chi connectivity index (χ2n) is 4.46. The lowest BCUT2D eigenvalue weighted by Crippen LogP contribution is -2.12. The third kappa shape index (κ3) is 2.61. The van der Waals surface area contributed by atoms with Gasteiger partial charge in [0.15, 0.2) is 0 Å². The van der Waals surface area contributed by atoms with Crippen molar-refractivity contribution in [3.63, 3.8) is 0 Å². The molecule has 3 heteroatoms. The predicted octanol–water partition coefficient (Wildman–Crippen LogP) is 4.77. The van der Waals surface area contributed by atoms with Crippen molar-refractivity contribution in [2.45, 2.75) is 19.9 Å². The molecule has 0 saturated heterocycles. The topological polar surface area (TPSA) is 26.0 Å². The van der Waals surface area contributed by atoms with Crippen LogP contribution in [0.15, 0.2) is 40.9 Å². The van der Waals surface area contributed by atoms with Crippen LogP contribution in [0.1, 0.15) is 28.3 Å². The van der Waals surface area contributed by atoms with E-state index in [-0.39, 0.29) is 6.04 Å². The first-order chi connectivity index (χ1) is 8.50. The Kier molecular flexibility index (Phi) is 4.10. The molecule has 0 spiro atoms. The summed E-state index contributed by atoms with van der Waals surface area (Å²) >= 11 is 9.71. The van der Waals surface area contributed by atoms with Gasteiger partial charge in [0.2, 0.25) is 0 Å². The molecule has 1 unspecified atom stereocenters. The van der Waals surface area contributed by atoms with Gasteiger partial charge in [-0.05, 0) is 58.1 Å². The van der Waals surface area contributed by atoms with Gasteiger partial charge in [-0.25, -0.2) is 0 Å². The second-order valence-corrected chi connectivity index (χ2v) is 5.70. The molecule has 0 aliphatic rings. The van der Waals surface area contributed by atoms with Crippen LogP contribution < -0.4 is 5.73 Å². The molecule has 1 atom stereocenters. The maximum Gasteiger partial charge on any atom is 0.0599 e. The number of hydrogen-bond acceptors (Lipinski definition) is 1. The van der Waals surface area contributed by atoms with Crippen LogP contribution in [0.4, 0.5) is 0 Å². The van der Waals surface area contributed by atoms with Crippen LogP contribution in [0.5, 0.6) is 0 Å². The van der Waals surface area contributed by atoms with E-state index in [9.17, 15) is 0 Å². The van der Waals surface area contributed by atoms with Gasteiger partial charge >= 0.3 is 0 Å². The molecule has 94 valence electrons. The van der Waals surface area contributed by atoms with Gasteiger partial charge in [-0.15, -0.1) is 0 Å². The number of benzene rings is 2. The van der Waals surface area contributed by atoms with Crippen molar-refractivity contribution in [1.82, 2.24) is 0 Å². The summed E-state index contributed by atoms with van der Waals surface area (Å²) in [6.45, 7) is 4.19. The van der Waals surface area contributed by atoms with E-state index < -0.39 is 0 Å². The average molecular weight is 325 g/mol. The van der Waals surface area contributed by atoms with Crippen molar-refractivity contribution >= 4 is 27.5 Å². The second kappa shape index (κ2) is 5.43. The summed E-state index contributed by atoms with van der Waals surface area (Å²) in [7, 11) is 0. The largest absolute Gasteiger partial charge is 0.320 e. The van der Waals surface area contributed by atoms with Crippen LogP contribution in [0.3, 0.4) is 0 Å². The molecule has 0 aliphatic carbocycles. The van der Waals surface area contributed by atoms with Gasteiger partial charge in [-0.1, -0.05) is 41.9 Å². The number of halogens is 2. The highest BCUT2D eigenvalue weighted by Crippen LogP contribution is 2.32. The molecule has 0 aliphatic heterocycles. The van der Waals surface area contributed by atoms with Gasteiger partial charge in [-0.3, -0.25) is 0 Å². The summed E-state index contributed by atoms with van der Waals surface area (Å²) in [6.07, 6.45) is 0. The maximum absolute atomic E-state index is 6.30. The van der Waals surface area contributed by atoms with E-state index in [4.69, 9.17) is 17.3 Å². The Morgan fingerprint density at radius 3 is 2.50 bits per heavy atom. The Hall–Kier alpha value is -0.830. The van der Waals surface area contributed by atoms with Crippen LogP contribution in [-0.2, 0) is 0 Å². The molecule has 0 radical (unpaired) electrons. The Bertz CT molecular complexity index is 581. The summed E-state index contributed by atoms with van der Waals surface area (Å²) in [5.74, 6) is 0. The molecule has 0 bridgehead atoms. The lowest BCUT2D eigenvalue weighted by Gasteiger charge is -2.16. The molecule has 0 fully saturated rings. The fourth-order valence-corrected chi connectivity index (χ4v) is 2.52. The molecule has 2 aromatic rings. The molecule has 0 saturated carbocycles. The number of aryl methyl sites for hydroxylation is 2. The predicted molar refractivity (Wildman–Crippen MR) is 81.1 cm³/mol. The normalized spacial score (nSPS) is 12.5. The van der Waals surface area contributed by atoms with Gasteiger partial charge in [0.25, 0.3) is 0 Å². The molecule has 0 aromatic heterocycles. The van der Waals surface area contributed by atoms with Crippen molar-refractivity contribution < 1.29 is 0 Å². The molecule has 2 rings (SSSR count). The molecule has 18 heavy (non-hydrogen) atoms. The van der Waals surface area contributed by atoms with E-state index in [1.54, 1.807) is 0 Å². The fourth-order valence-electron chi connectivity index (χ4n) is 1.90. The first-order valence-electron chi connectivity index (χ1n) is 5.77. The molecule has 1 nitrogen and oxygen atoms in total. The van der Waals surface area contributed by atoms with E-state index in [1.165, 1.54) is 11.1 Å². The van der Waals surface area contributed by atoms with Crippen molar-refractivity contribution in [2.24, 2.45) is 5.73 Å². The number of hydrogen-bond donors (Lipinski definition) is 1. The quantitative estimate of drug-likeness (QED) is 0.846. The minimum absolute atomic E-state index is 0.200. The highest BCUT2D eigenvalue weighted by atomic mass is 79.9. The Morgan fingerprint density at radius 2 is 1.83 bits per heavy atom. The summed E-state index contributed by atoms with van der Waals surface area (Å²) in [5, 5.41) is 0.684. The molecule has 2 aromatic carbocycles. The van der Waals surface area contributed by atoms with Gasteiger partial charge in [0.05, 0.1) is 11.1 Å². The van der Waals surface area contributed by atoms with Crippen LogP contribution in [0.2, 0.25) is 5.02 Å².